The first-order valence-electron chi connectivity index (χ1n) is 3.49. The molecule has 0 atom stereocenters. The van der Waals surface area contributed by atoms with Crippen LogP contribution in [-0.4, -0.2) is 5.78 Å². The van der Waals surface area contributed by atoms with Crippen molar-refractivity contribution in [2.75, 3.05) is 0 Å². The summed E-state index contributed by atoms with van der Waals surface area (Å²) in [6.45, 7) is 4.26. The molecule has 0 unspecified atom stereocenters. The van der Waals surface area contributed by atoms with Crippen LogP contribution < -0.4 is 0 Å². The number of ketones is 1. The number of Topliss-reactive ketones (excluding diaryl/α,β-unsaturated/α-hetero) is 1. The first-order valence-corrected chi connectivity index (χ1v) is 3.49. The Morgan fingerprint density at radius 1 is 1.56 bits per heavy atom. The van der Waals surface area contributed by atoms with Crippen molar-refractivity contribution in [3.05, 3.63) is 5.92 Å². The SMILES string of the molecule is C[C](C)CC1CC(=O)C1. The van der Waals surface area contributed by atoms with Gasteiger partial charge in [0.25, 0.3) is 0 Å². The molecule has 0 aromatic rings. The molecule has 0 heterocycles. The fraction of sp³-hybridized carbons (Fsp3) is 0.750. The van der Waals surface area contributed by atoms with Crippen molar-refractivity contribution in [3.8, 4) is 0 Å². The van der Waals surface area contributed by atoms with Crippen molar-refractivity contribution in [2.45, 2.75) is 33.1 Å². The maximum Gasteiger partial charge on any atom is 0.133 e. The van der Waals surface area contributed by atoms with Crippen molar-refractivity contribution >= 4 is 5.78 Å². The van der Waals surface area contributed by atoms with Gasteiger partial charge in [-0.05, 0) is 18.3 Å². The van der Waals surface area contributed by atoms with E-state index in [0.29, 0.717) is 11.7 Å². The second kappa shape index (κ2) is 2.51. The predicted octanol–water partition coefficient (Wildman–Crippen LogP) is 1.97. The van der Waals surface area contributed by atoms with E-state index in [-0.39, 0.29) is 0 Å². The number of hydrogen-bond donors (Lipinski definition) is 0. The van der Waals surface area contributed by atoms with Gasteiger partial charge < -0.3 is 0 Å². The molecule has 9 heavy (non-hydrogen) atoms. The van der Waals surface area contributed by atoms with E-state index >= 15 is 0 Å². The van der Waals surface area contributed by atoms with E-state index < -0.39 is 0 Å². The lowest BCUT2D eigenvalue weighted by Gasteiger charge is -2.25. The zero-order valence-electron chi connectivity index (χ0n) is 6.11. The van der Waals surface area contributed by atoms with Gasteiger partial charge in [0.05, 0.1) is 0 Å². The highest BCUT2D eigenvalue weighted by Gasteiger charge is 2.26. The highest BCUT2D eigenvalue weighted by atomic mass is 16.1. The Bertz CT molecular complexity index is 108. The largest absolute Gasteiger partial charge is 0.300 e. The maximum absolute atomic E-state index is 10.5. The molecular weight excluding hydrogens is 112 g/mol. The first kappa shape index (κ1) is 6.79. The predicted molar refractivity (Wildman–Crippen MR) is 36.9 cm³/mol. The lowest BCUT2D eigenvalue weighted by Crippen LogP contribution is -2.23. The summed E-state index contributed by atoms with van der Waals surface area (Å²) in [5.41, 5.74) is 0. The molecule has 1 rings (SSSR count). The molecule has 0 bridgehead atoms. The summed E-state index contributed by atoms with van der Waals surface area (Å²) in [6, 6.07) is 0. The summed E-state index contributed by atoms with van der Waals surface area (Å²) >= 11 is 0. The van der Waals surface area contributed by atoms with E-state index in [0.717, 1.165) is 19.3 Å². The second-order valence-corrected chi connectivity index (χ2v) is 3.22. The number of rotatable bonds is 2. The molecule has 51 valence electrons. The molecule has 0 aliphatic heterocycles. The van der Waals surface area contributed by atoms with Crippen molar-refractivity contribution in [2.24, 2.45) is 5.92 Å². The Kier molecular flexibility index (Phi) is 1.89. The standard InChI is InChI=1S/C8H13O/c1-6(2)3-7-4-8(9)5-7/h7H,3-5H2,1-2H3. The van der Waals surface area contributed by atoms with Crippen LogP contribution in [0.4, 0.5) is 0 Å². The highest BCUT2D eigenvalue weighted by molar-refractivity contribution is 5.84. The Hall–Kier alpha value is -0.330. The Morgan fingerprint density at radius 2 is 2.11 bits per heavy atom. The third-order valence-electron chi connectivity index (χ3n) is 1.73. The van der Waals surface area contributed by atoms with Crippen LogP contribution in [0.5, 0.6) is 0 Å². The molecule has 0 N–H and O–H groups in total. The van der Waals surface area contributed by atoms with Gasteiger partial charge in [0.1, 0.15) is 5.78 Å². The first-order chi connectivity index (χ1) is 4.18. The Labute approximate surface area is 56.4 Å². The molecule has 1 aliphatic rings. The van der Waals surface area contributed by atoms with E-state index in [1.54, 1.807) is 0 Å². The average molecular weight is 125 g/mol. The molecule has 0 amide bonds. The molecule has 0 aromatic heterocycles. The molecule has 1 nitrogen and oxygen atoms in total. The summed E-state index contributed by atoms with van der Waals surface area (Å²) in [6.07, 6.45) is 2.84. The minimum Gasteiger partial charge on any atom is -0.300 e. The van der Waals surface area contributed by atoms with Crippen LogP contribution in [-0.2, 0) is 4.79 Å². The van der Waals surface area contributed by atoms with Gasteiger partial charge in [0.2, 0.25) is 0 Å². The minimum atomic E-state index is 0.446. The van der Waals surface area contributed by atoms with Crippen molar-refractivity contribution < 1.29 is 4.79 Å². The molecule has 1 saturated carbocycles. The van der Waals surface area contributed by atoms with E-state index in [4.69, 9.17) is 0 Å². The fourth-order valence-corrected chi connectivity index (χ4v) is 1.31. The van der Waals surface area contributed by atoms with Crippen molar-refractivity contribution in [1.29, 1.82) is 0 Å². The van der Waals surface area contributed by atoms with Gasteiger partial charge in [0, 0.05) is 12.8 Å². The van der Waals surface area contributed by atoms with Crippen LogP contribution >= 0.6 is 0 Å². The minimum absolute atomic E-state index is 0.446. The summed E-state index contributed by atoms with van der Waals surface area (Å²) in [7, 11) is 0. The third-order valence-corrected chi connectivity index (χ3v) is 1.73. The highest BCUT2D eigenvalue weighted by Crippen LogP contribution is 2.29. The third kappa shape index (κ3) is 1.81. The van der Waals surface area contributed by atoms with Gasteiger partial charge in [-0.1, -0.05) is 13.8 Å². The van der Waals surface area contributed by atoms with Gasteiger partial charge in [-0.3, -0.25) is 4.79 Å². The number of carbonyl (C=O) groups is 1. The Morgan fingerprint density at radius 3 is 2.44 bits per heavy atom. The normalized spacial score (nSPS) is 20.6. The van der Waals surface area contributed by atoms with Crippen LogP contribution in [0, 0.1) is 11.8 Å². The lowest BCUT2D eigenvalue weighted by atomic mass is 9.79. The number of hydrogen-bond acceptors (Lipinski definition) is 1. The van der Waals surface area contributed by atoms with E-state index in [1.807, 2.05) is 0 Å². The molecular formula is C8H13O. The van der Waals surface area contributed by atoms with Crippen molar-refractivity contribution in [1.82, 2.24) is 0 Å². The smallest absolute Gasteiger partial charge is 0.133 e. The summed E-state index contributed by atoms with van der Waals surface area (Å²) < 4.78 is 0. The van der Waals surface area contributed by atoms with E-state index in [2.05, 4.69) is 13.8 Å². The zero-order valence-corrected chi connectivity index (χ0v) is 6.11. The van der Waals surface area contributed by atoms with Gasteiger partial charge >= 0.3 is 0 Å². The summed E-state index contributed by atoms with van der Waals surface area (Å²) in [5.74, 6) is 2.59. The zero-order chi connectivity index (χ0) is 6.85. The summed E-state index contributed by atoms with van der Waals surface area (Å²) in [5, 5.41) is 0. The van der Waals surface area contributed by atoms with Crippen LogP contribution in [0.2, 0.25) is 0 Å². The van der Waals surface area contributed by atoms with E-state index in [1.165, 1.54) is 5.92 Å². The molecule has 0 aromatic carbocycles. The van der Waals surface area contributed by atoms with Crippen LogP contribution in [0.15, 0.2) is 0 Å². The molecule has 1 radical (unpaired) electrons. The van der Waals surface area contributed by atoms with Gasteiger partial charge in [-0.2, -0.15) is 0 Å². The monoisotopic (exact) mass is 125 g/mol. The fourth-order valence-electron chi connectivity index (χ4n) is 1.31. The van der Waals surface area contributed by atoms with Crippen LogP contribution in [0.1, 0.15) is 33.1 Å². The van der Waals surface area contributed by atoms with Crippen molar-refractivity contribution in [3.63, 3.8) is 0 Å². The Balaban J connectivity index is 2.11. The molecule has 0 saturated heterocycles. The second-order valence-electron chi connectivity index (χ2n) is 3.22. The van der Waals surface area contributed by atoms with Gasteiger partial charge in [-0.25, -0.2) is 0 Å². The average Bonchev–Trinajstić information content (AvgIpc) is 1.60. The molecule has 0 spiro atoms. The topological polar surface area (TPSA) is 17.1 Å². The lowest BCUT2D eigenvalue weighted by molar-refractivity contribution is -0.126. The summed E-state index contributed by atoms with van der Waals surface area (Å²) in [4.78, 5) is 10.5. The molecule has 1 aliphatic carbocycles. The van der Waals surface area contributed by atoms with E-state index in [9.17, 15) is 4.79 Å². The van der Waals surface area contributed by atoms with Gasteiger partial charge in [0.15, 0.2) is 0 Å². The van der Waals surface area contributed by atoms with Gasteiger partial charge in [-0.15, -0.1) is 0 Å². The quantitative estimate of drug-likeness (QED) is 0.551. The molecule has 1 heteroatoms. The van der Waals surface area contributed by atoms with Crippen LogP contribution in [0.3, 0.4) is 0 Å². The molecule has 1 fully saturated rings. The van der Waals surface area contributed by atoms with Crippen LogP contribution in [0.25, 0.3) is 0 Å². The maximum atomic E-state index is 10.5. The number of carbonyl (C=O) groups excluding carboxylic acids is 1.